The quantitative estimate of drug-likeness (QED) is 0.456. The highest BCUT2D eigenvalue weighted by Crippen LogP contribution is 2.25. The Morgan fingerprint density at radius 3 is 2.63 bits per heavy atom. The highest BCUT2D eigenvalue weighted by atomic mass is 19.1. The van der Waals surface area contributed by atoms with Crippen molar-refractivity contribution in [3.63, 3.8) is 0 Å². The Bertz CT molecular complexity index is 1340. The molecule has 1 saturated heterocycles. The summed E-state index contributed by atoms with van der Waals surface area (Å²) in [5, 5.41) is 3.93. The third-order valence-electron chi connectivity index (χ3n) is 6.45. The van der Waals surface area contributed by atoms with Crippen molar-refractivity contribution < 1.29 is 9.18 Å². The Morgan fingerprint density at radius 1 is 1.03 bits per heavy atom. The molecule has 35 heavy (non-hydrogen) atoms. The number of carbonyl (C=O) groups excluding carboxylic acids is 1. The Balaban J connectivity index is 1.25. The second kappa shape index (κ2) is 10.2. The number of piperazine rings is 1. The van der Waals surface area contributed by atoms with E-state index in [0.717, 1.165) is 60.4 Å². The van der Waals surface area contributed by atoms with E-state index in [1.165, 1.54) is 6.07 Å². The van der Waals surface area contributed by atoms with Gasteiger partial charge in [-0.3, -0.25) is 14.7 Å². The van der Waals surface area contributed by atoms with Crippen LogP contribution in [0.5, 0.6) is 0 Å². The first kappa shape index (κ1) is 22.9. The molecular weight excluding hydrogens is 441 g/mol. The summed E-state index contributed by atoms with van der Waals surface area (Å²) in [6.07, 6.45) is 3.47. The molecule has 0 atom stereocenters. The van der Waals surface area contributed by atoms with Gasteiger partial charge in [-0.15, -0.1) is 0 Å². The number of hydrogen-bond acceptors (Lipinski definition) is 5. The summed E-state index contributed by atoms with van der Waals surface area (Å²) in [6.45, 7) is 6.47. The van der Waals surface area contributed by atoms with E-state index in [9.17, 15) is 9.18 Å². The van der Waals surface area contributed by atoms with Crippen LogP contribution in [-0.4, -0.2) is 60.0 Å². The zero-order valence-corrected chi connectivity index (χ0v) is 19.7. The van der Waals surface area contributed by atoms with Gasteiger partial charge in [0.15, 0.2) is 0 Å². The SMILES string of the molecule is Cc1ccc2nc(-c3cccnc3)cc(C(=O)NCCN3CCN(c4ccccc4F)CC3)c2c1. The second-order valence-electron chi connectivity index (χ2n) is 8.85. The van der Waals surface area contributed by atoms with Gasteiger partial charge in [0.1, 0.15) is 5.82 Å². The molecule has 5 rings (SSSR count). The van der Waals surface area contributed by atoms with Gasteiger partial charge in [-0.2, -0.15) is 0 Å². The van der Waals surface area contributed by atoms with Crippen LogP contribution >= 0.6 is 0 Å². The normalized spacial score (nSPS) is 14.3. The Labute approximate surface area is 204 Å². The van der Waals surface area contributed by atoms with Crippen molar-refractivity contribution in [1.82, 2.24) is 20.2 Å². The van der Waals surface area contributed by atoms with Gasteiger partial charge in [0.2, 0.25) is 0 Å². The average Bonchev–Trinajstić information content (AvgIpc) is 2.89. The fourth-order valence-electron chi connectivity index (χ4n) is 4.53. The molecule has 4 aromatic rings. The summed E-state index contributed by atoms with van der Waals surface area (Å²) in [4.78, 5) is 26.6. The van der Waals surface area contributed by atoms with Crippen molar-refractivity contribution >= 4 is 22.5 Å². The molecule has 1 aliphatic rings. The Kier molecular flexibility index (Phi) is 6.68. The van der Waals surface area contributed by atoms with Gasteiger partial charge >= 0.3 is 0 Å². The molecule has 1 aliphatic heterocycles. The third-order valence-corrected chi connectivity index (χ3v) is 6.45. The number of nitrogens with one attached hydrogen (secondary N) is 1. The number of benzene rings is 2. The number of amides is 1. The fourth-order valence-corrected chi connectivity index (χ4v) is 4.53. The number of halogens is 1. The number of aromatic nitrogens is 2. The molecule has 178 valence electrons. The first-order chi connectivity index (χ1) is 17.1. The molecule has 0 aliphatic carbocycles. The second-order valence-corrected chi connectivity index (χ2v) is 8.85. The minimum absolute atomic E-state index is 0.113. The molecule has 1 N–H and O–H groups in total. The summed E-state index contributed by atoms with van der Waals surface area (Å²) in [5.74, 6) is -0.295. The van der Waals surface area contributed by atoms with Gasteiger partial charge in [-0.1, -0.05) is 23.8 Å². The van der Waals surface area contributed by atoms with E-state index >= 15 is 0 Å². The molecular formula is C28H28FN5O. The number of aryl methyl sites for hydroxylation is 1. The maximum Gasteiger partial charge on any atom is 0.252 e. The summed E-state index contributed by atoms with van der Waals surface area (Å²) in [6, 6.07) is 18.5. The highest BCUT2D eigenvalue weighted by molar-refractivity contribution is 6.07. The standard InChI is InChI=1S/C28H28FN5O/c1-20-8-9-25-22(17-20)23(18-26(32-25)21-5-4-10-30-19-21)28(35)31-11-12-33-13-15-34(16-14-33)27-7-3-2-6-24(27)29/h2-10,17-19H,11-16H2,1H3,(H,31,35). The van der Waals surface area contributed by atoms with Crippen molar-refractivity contribution in [2.45, 2.75) is 6.92 Å². The lowest BCUT2D eigenvalue weighted by molar-refractivity contribution is 0.0949. The van der Waals surface area contributed by atoms with Crippen molar-refractivity contribution in [3.05, 3.63) is 90.0 Å². The molecule has 2 aromatic carbocycles. The number of para-hydroxylation sites is 1. The van der Waals surface area contributed by atoms with Crippen molar-refractivity contribution in [2.75, 3.05) is 44.2 Å². The van der Waals surface area contributed by atoms with E-state index < -0.39 is 0 Å². The predicted octanol–water partition coefficient (Wildman–Crippen LogP) is 4.30. The number of nitrogens with zero attached hydrogens (tertiary/aromatic N) is 4. The molecule has 0 spiro atoms. The lowest BCUT2D eigenvalue weighted by Gasteiger charge is -2.36. The van der Waals surface area contributed by atoms with Crippen LogP contribution in [0.15, 0.2) is 73.1 Å². The fraction of sp³-hybridized carbons (Fsp3) is 0.250. The van der Waals surface area contributed by atoms with Gasteiger partial charge in [0.25, 0.3) is 5.91 Å². The lowest BCUT2D eigenvalue weighted by atomic mass is 10.0. The van der Waals surface area contributed by atoms with Crippen LogP contribution < -0.4 is 10.2 Å². The lowest BCUT2D eigenvalue weighted by Crippen LogP contribution is -2.48. The van der Waals surface area contributed by atoms with Crippen LogP contribution in [0.1, 0.15) is 15.9 Å². The van der Waals surface area contributed by atoms with Crippen LogP contribution in [0.2, 0.25) is 0 Å². The monoisotopic (exact) mass is 469 g/mol. The van der Waals surface area contributed by atoms with Gasteiger partial charge in [-0.25, -0.2) is 9.37 Å². The number of fused-ring (bicyclic) bond motifs is 1. The maximum absolute atomic E-state index is 14.1. The van der Waals surface area contributed by atoms with Crippen LogP contribution in [0.3, 0.4) is 0 Å². The molecule has 0 bridgehead atoms. The third kappa shape index (κ3) is 5.15. The summed E-state index contributed by atoms with van der Waals surface area (Å²) in [7, 11) is 0. The van der Waals surface area contributed by atoms with Crippen molar-refractivity contribution in [3.8, 4) is 11.3 Å². The molecule has 0 saturated carbocycles. The molecule has 1 fully saturated rings. The molecule has 0 radical (unpaired) electrons. The number of pyridine rings is 2. The van der Waals surface area contributed by atoms with Crippen LogP contribution in [0.25, 0.3) is 22.2 Å². The van der Waals surface area contributed by atoms with Crippen molar-refractivity contribution in [1.29, 1.82) is 0 Å². The Morgan fingerprint density at radius 2 is 1.86 bits per heavy atom. The molecule has 0 unspecified atom stereocenters. The number of carbonyl (C=O) groups is 1. The molecule has 3 heterocycles. The van der Waals surface area contributed by atoms with Crippen LogP contribution in [-0.2, 0) is 0 Å². The minimum atomic E-state index is -0.182. The largest absolute Gasteiger partial charge is 0.367 e. The van der Waals surface area contributed by atoms with Gasteiger partial charge < -0.3 is 10.2 Å². The van der Waals surface area contributed by atoms with Crippen molar-refractivity contribution in [2.24, 2.45) is 0 Å². The highest BCUT2D eigenvalue weighted by Gasteiger charge is 2.20. The topological polar surface area (TPSA) is 61.4 Å². The van der Waals surface area contributed by atoms with E-state index in [0.29, 0.717) is 17.8 Å². The Hall–Kier alpha value is -3.84. The minimum Gasteiger partial charge on any atom is -0.367 e. The first-order valence-corrected chi connectivity index (χ1v) is 11.9. The average molecular weight is 470 g/mol. The zero-order chi connectivity index (χ0) is 24.2. The molecule has 2 aromatic heterocycles. The first-order valence-electron chi connectivity index (χ1n) is 11.9. The number of hydrogen-bond donors (Lipinski definition) is 1. The molecule has 6 nitrogen and oxygen atoms in total. The van der Waals surface area contributed by atoms with Gasteiger partial charge in [-0.05, 0) is 49.4 Å². The summed E-state index contributed by atoms with van der Waals surface area (Å²) in [5.41, 5.74) is 4.73. The summed E-state index contributed by atoms with van der Waals surface area (Å²) >= 11 is 0. The number of rotatable bonds is 6. The summed E-state index contributed by atoms with van der Waals surface area (Å²) < 4.78 is 14.1. The predicted molar refractivity (Wildman–Crippen MR) is 137 cm³/mol. The molecule has 1 amide bonds. The van der Waals surface area contributed by atoms with E-state index in [2.05, 4.69) is 20.1 Å². The van der Waals surface area contributed by atoms with E-state index in [1.54, 1.807) is 18.5 Å². The van der Waals surface area contributed by atoms with Gasteiger partial charge in [0, 0.05) is 62.6 Å². The maximum atomic E-state index is 14.1. The number of anilines is 1. The van der Waals surface area contributed by atoms with E-state index in [-0.39, 0.29) is 11.7 Å². The smallest absolute Gasteiger partial charge is 0.252 e. The van der Waals surface area contributed by atoms with Crippen LogP contribution in [0, 0.1) is 12.7 Å². The van der Waals surface area contributed by atoms with E-state index in [4.69, 9.17) is 4.98 Å². The van der Waals surface area contributed by atoms with Crippen LogP contribution in [0.4, 0.5) is 10.1 Å². The van der Waals surface area contributed by atoms with Gasteiger partial charge in [0.05, 0.1) is 22.5 Å². The zero-order valence-electron chi connectivity index (χ0n) is 19.7. The molecule has 7 heteroatoms. The van der Waals surface area contributed by atoms with E-state index in [1.807, 2.05) is 55.5 Å².